The summed E-state index contributed by atoms with van der Waals surface area (Å²) in [6.45, 7) is 2.92. The molecule has 6 heteroatoms. The van der Waals surface area contributed by atoms with E-state index in [9.17, 15) is 25.2 Å². The van der Waals surface area contributed by atoms with Crippen LogP contribution in [0.3, 0.4) is 0 Å². The Hall–Kier alpha value is -0.950. The van der Waals surface area contributed by atoms with E-state index in [-0.39, 0.29) is 18.6 Å². The zero-order valence-electron chi connectivity index (χ0n) is 10.8. The highest BCUT2D eigenvalue weighted by atomic mass is 16.5. The second kappa shape index (κ2) is 4.97. The topological polar surface area (TPSA) is 107 Å². The molecule has 3 atom stereocenters. The number of hydrogen-bond donors (Lipinski definition) is 4. The molecule has 1 aliphatic rings. The molecular weight excluding hydrogens is 240 g/mol. The van der Waals surface area contributed by atoms with Gasteiger partial charge in [0.2, 0.25) is 0 Å². The number of ketones is 1. The molecular formula is C12H20O6. The van der Waals surface area contributed by atoms with Crippen molar-refractivity contribution in [3.8, 4) is 0 Å². The SMILES string of the molecule is COC1=CC(=O)C(O)(C(O)CC(C)(C)O)C[C@H]1O. The van der Waals surface area contributed by atoms with Crippen molar-refractivity contribution < 1.29 is 30.0 Å². The molecule has 6 nitrogen and oxygen atoms in total. The van der Waals surface area contributed by atoms with Gasteiger partial charge in [0.15, 0.2) is 11.4 Å². The lowest BCUT2D eigenvalue weighted by molar-refractivity contribution is -0.159. The number of methoxy groups -OCH3 is 1. The third-order valence-corrected chi connectivity index (χ3v) is 3.01. The van der Waals surface area contributed by atoms with Gasteiger partial charge in [-0.3, -0.25) is 4.79 Å². The Kier molecular flexibility index (Phi) is 4.17. The van der Waals surface area contributed by atoms with Gasteiger partial charge in [0.05, 0.1) is 18.8 Å². The van der Waals surface area contributed by atoms with Crippen LogP contribution < -0.4 is 0 Å². The average molecular weight is 260 g/mol. The average Bonchev–Trinajstić information content (AvgIpc) is 2.20. The van der Waals surface area contributed by atoms with Crippen LogP contribution in [-0.4, -0.2) is 56.7 Å². The monoisotopic (exact) mass is 260 g/mol. The van der Waals surface area contributed by atoms with Gasteiger partial charge in [0, 0.05) is 18.9 Å². The van der Waals surface area contributed by atoms with Crippen molar-refractivity contribution in [2.75, 3.05) is 7.11 Å². The molecule has 0 aliphatic heterocycles. The minimum absolute atomic E-state index is 0.0557. The van der Waals surface area contributed by atoms with Gasteiger partial charge in [-0.15, -0.1) is 0 Å². The Morgan fingerprint density at radius 2 is 2.17 bits per heavy atom. The van der Waals surface area contributed by atoms with E-state index >= 15 is 0 Å². The van der Waals surface area contributed by atoms with Gasteiger partial charge in [-0.1, -0.05) is 0 Å². The number of aliphatic hydroxyl groups excluding tert-OH is 2. The molecule has 0 aromatic carbocycles. The predicted octanol–water partition coefficient (Wildman–Crippen LogP) is -0.897. The van der Waals surface area contributed by atoms with Crippen molar-refractivity contribution in [2.45, 2.75) is 50.1 Å². The first-order valence-electron chi connectivity index (χ1n) is 5.71. The van der Waals surface area contributed by atoms with Crippen LogP contribution in [0.25, 0.3) is 0 Å². The molecule has 0 aromatic heterocycles. The van der Waals surface area contributed by atoms with E-state index < -0.39 is 29.2 Å². The van der Waals surface area contributed by atoms with Gasteiger partial charge in [0.25, 0.3) is 0 Å². The van der Waals surface area contributed by atoms with E-state index in [0.29, 0.717) is 0 Å². The molecule has 0 amide bonds. The number of hydrogen-bond acceptors (Lipinski definition) is 6. The molecule has 0 bridgehead atoms. The molecule has 4 N–H and O–H groups in total. The van der Waals surface area contributed by atoms with E-state index in [2.05, 4.69) is 0 Å². The summed E-state index contributed by atoms with van der Waals surface area (Å²) < 4.78 is 4.80. The van der Waals surface area contributed by atoms with E-state index in [1.54, 1.807) is 0 Å². The molecule has 18 heavy (non-hydrogen) atoms. The number of rotatable bonds is 4. The molecule has 0 saturated carbocycles. The van der Waals surface area contributed by atoms with Gasteiger partial charge < -0.3 is 25.2 Å². The van der Waals surface area contributed by atoms with Gasteiger partial charge in [-0.05, 0) is 13.8 Å². The third kappa shape index (κ3) is 3.08. The minimum Gasteiger partial charge on any atom is -0.498 e. The van der Waals surface area contributed by atoms with Crippen LogP contribution >= 0.6 is 0 Å². The van der Waals surface area contributed by atoms with Crippen LogP contribution in [0.5, 0.6) is 0 Å². The lowest BCUT2D eigenvalue weighted by Gasteiger charge is -2.37. The summed E-state index contributed by atoms with van der Waals surface area (Å²) in [4.78, 5) is 11.8. The first-order chi connectivity index (χ1) is 8.10. The first-order valence-corrected chi connectivity index (χ1v) is 5.71. The summed E-state index contributed by atoms with van der Waals surface area (Å²) in [6, 6.07) is 0. The molecule has 104 valence electrons. The van der Waals surface area contributed by atoms with E-state index in [1.165, 1.54) is 21.0 Å². The van der Waals surface area contributed by atoms with E-state index in [1.807, 2.05) is 0 Å². The van der Waals surface area contributed by atoms with Crippen molar-refractivity contribution >= 4 is 5.78 Å². The Morgan fingerprint density at radius 1 is 1.61 bits per heavy atom. The molecule has 0 radical (unpaired) electrons. The van der Waals surface area contributed by atoms with Crippen molar-refractivity contribution in [2.24, 2.45) is 0 Å². The van der Waals surface area contributed by atoms with Crippen LogP contribution in [0.2, 0.25) is 0 Å². The van der Waals surface area contributed by atoms with E-state index in [0.717, 1.165) is 6.08 Å². The lowest BCUT2D eigenvalue weighted by Crippen LogP contribution is -2.55. The quantitative estimate of drug-likeness (QED) is 0.522. The minimum atomic E-state index is -2.10. The number of ether oxygens (including phenoxy) is 1. The molecule has 1 rings (SSSR count). The molecule has 2 unspecified atom stereocenters. The highest BCUT2D eigenvalue weighted by Gasteiger charge is 2.48. The Balaban J connectivity index is 2.94. The van der Waals surface area contributed by atoms with Crippen molar-refractivity contribution in [3.05, 3.63) is 11.8 Å². The summed E-state index contributed by atoms with van der Waals surface area (Å²) in [7, 11) is 1.31. The van der Waals surface area contributed by atoms with Crippen molar-refractivity contribution in [1.82, 2.24) is 0 Å². The second-order valence-electron chi connectivity index (χ2n) is 5.29. The van der Waals surface area contributed by atoms with Crippen LogP contribution in [0, 0.1) is 0 Å². The van der Waals surface area contributed by atoms with Crippen LogP contribution in [0.1, 0.15) is 26.7 Å². The van der Waals surface area contributed by atoms with Gasteiger partial charge >= 0.3 is 0 Å². The van der Waals surface area contributed by atoms with Crippen LogP contribution in [0.15, 0.2) is 11.8 Å². The fourth-order valence-electron chi connectivity index (χ4n) is 1.98. The summed E-state index contributed by atoms with van der Waals surface area (Å²) >= 11 is 0. The van der Waals surface area contributed by atoms with Gasteiger partial charge in [-0.25, -0.2) is 0 Å². The number of carbonyl (C=O) groups is 1. The molecule has 0 aromatic rings. The van der Waals surface area contributed by atoms with Crippen LogP contribution in [0.4, 0.5) is 0 Å². The number of carbonyl (C=O) groups excluding carboxylic acids is 1. The van der Waals surface area contributed by atoms with Crippen molar-refractivity contribution in [3.63, 3.8) is 0 Å². The second-order valence-corrected chi connectivity index (χ2v) is 5.29. The summed E-state index contributed by atoms with van der Waals surface area (Å²) in [6.07, 6.45) is -2.19. The maximum atomic E-state index is 11.8. The number of aliphatic hydroxyl groups is 4. The Labute approximate surface area is 106 Å². The summed E-state index contributed by atoms with van der Waals surface area (Å²) in [5, 5.41) is 39.4. The van der Waals surface area contributed by atoms with Gasteiger partial charge in [0.1, 0.15) is 11.9 Å². The maximum absolute atomic E-state index is 11.8. The molecule has 0 spiro atoms. The zero-order chi connectivity index (χ0) is 14.1. The molecule has 1 aliphatic carbocycles. The summed E-state index contributed by atoms with van der Waals surface area (Å²) in [5.41, 5.74) is -3.33. The smallest absolute Gasteiger partial charge is 0.193 e. The van der Waals surface area contributed by atoms with Gasteiger partial charge in [-0.2, -0.15) is 0 Å². The largest absolute Gasteiger partial charge is 0.498 e. The molecule has 0 saturated heterocycles. The summed E-state index contributed by atoms with van der Waals surface area (Å²) in [5.74, 6) is -0.679. The van der Waals surface area contributed by atoms with E-state index in [4.69, 9.17) is 4.74 Å². The Morgan fingerprint density at radius 3 is 2.61 bits per heavy atom. The fourth-order valence-corrected chi connectivity index (χ4v) is 1.98. The molecule has 0 fully saturated rings. The van der Waals surface area contributed by atoms with Crippen molar-refractivity contribution in [1.29, 1.82) is 0 Å². The Bertz CT molecular complexity index is 356. The lowest BCUT2D eigenvalue weighted by atomic mass is 9.78. The maximum Gasteiger partial charge on any atom is 0.193 e. The highest BCUT2D eigenvalue weighted by Crippen LogP contribution is 2.31. The first kappa shape index (κ1) is 15.1. The normalized spacial score (nSPS) is 30.9. The zero-order valence-corrected chi connectivity index (χ0v) is 10.8. The molecule has 0 heterocycles. The standard InChI is InChI=1S/C12H20O6/c1-11(2,16)6-10(15)12(17)5-7(13)8(18-3)4-9(12)14/h4,7,10,13,15-17H,5-6H2,1-3H3/t7-,10?,12?/m1/s1. The fraction of sp³-hybridized carbons (Fsp3) is 0.750. The highest BCUT2D eigenvalue weighted by molar-refractivity contribution is 5.98. The predicted molar refractivity (Wildman–Crippen MR) is 62.6 cm³/mol. The third-order valence-electron chi connectivity index (χ3n) is 3.01. The van der Waals surface area contributed by atoms with Crippen LogP contribution in [-0.2, 0) is 9.53 Å².